The van der Waals surface area contributed by atoms with Crippen molar-refractivity contribution in [2.75, 3.05) is 11.9 Å². The number of ether oxygens (including phenoxy) is 2. The van der Waals surface area contributed by atoms with Crippen molar-refractivity contribution in [1.29, 1.82) is 0 Å². The van der Waals surface area contributed by atoms with Gasteiger partial charge in [0.1, 0.15) is 11.5 Å². The predicted molar refractivity (Wildman–Crippen MR) is 108 cm³/mol. The average molecular weight is 414 g/mol. The number of carbonyl (C=O) groups is 1. The highest BCUT2D eigenvalue weighted by molar-refractivity contribution is 9.10. The summed E-state index contributed by atoms with van der Waals surface area (Å²) in [6, 6.07) is 19.2. The highest BCUT2D eigenvalue weighted by Crippen LogP contribution is 2.33. The molecule has 0 aromatic heterocycles. The number of carbonyl (C=O) groups excluding carboxylic acids is 1. The van der Waals surface area contributed by atoms with Gasteiger partial charge in [0.05, 0.1) is 16.3 Å². The largest absolute Gasteiger partial charge is 0.489 e. The Morgan fingerprint density at radius 1 is 1.00 bits per heavy atom. The molecule has 0 aliphatic rings. The summed E-state index contributed by atoms with van der Waals surface area (Å²) in [6.07, 6.45) is 0.0258. The Balaban J connectivity index is 1.68. The van der Waals surface area contributed by atoms with Crippen molar-refractivity contribution in [1.82, 2.24) is 0 Å². The second-order valence-corrected chi connectivity index (χ2v) is 6.89. The monoisotopic (exact) mass is 413 g/mol. The Bertz CT molecular complexity index is 924. The van der Waals surface area contributed by atoms with E-state index in [2.05, 4.69) is 21.2 Å². The topological polar surface area (TPSA) is 47.6 Å². The highest BCUT2D eigenvalue weighted by Gasteiger charge is 2.11. The molecule has 0 aliphatic carbocycles. The van der Waals surface area contributed by atoms with Gasteiger partial charge in [-0.2, -0.15) is 0 Å². The molecular weight excluding hydrogens is 394 g/mol. The minimum absolute atomic E-state index is 0.0258. The van der Waals surface area contributed by atoms with Crippen molar-refractivity contribution in [3.63, 3.8) is 0 Å². The van der Waals surface area contributed by atoms with Crippen LogP contribution in [0.5, 0.6) is 11.5 Å². The van der Waals surface area contributed by atoms with E-state index in [1.54, 1.807) is 0 Å². The Morgan fingerprint density at radius 2 is 1.73 bits per heavy atom. The second kappa shape index (κ2) is 8.23. The highest BCUT2D eigenvalue weighted by atomic mass is 79.9. The third-order valence-electron chi connectivity index (χ3n) is 3.71. The third-order valence-corrected chi connectivity index (χ3v) is 4.53. The zero-order valence-corrected chi connectivity index (χ0v) is 16.2. The summed E-state index contributed by atoms with van der Waals surface area (Å²) in [5.41, 5.74) is 0.632. The standard InChI is InChI=1S/C21H20BrNO3/c1-14(2)26-18-10-6-5-9-17(18)23-20(24)13-25-19-12-11-15-7-3-4-8-16(15)21(19)22/h3-12,14H,13H2,1-2H3,(H,23,24). The van der Waals surface area contributed by atoms with Gasteiger partial charge in [-0.3, -0.25) is 4.79 Å². The van der Waals surface area contributed by atoms with E-state index in [0.29, 0.717) is 17.2 Å². The zero-order valence-electron chi connectivity index (χ0n) is 14.7. The Labute approximate surface area is 161 Å². The molecule has 3 aromatic carbocycles. The fourth-order valence-electron chi connectivity index (χ4n) is 2.58. The molecule has 3 aromatic rings. The first kappa shape index (κ1) is 18.3. The van der Waals surface area contributed by atoms with E-state index in [-0.39, 0.29) is 18.6 Å². The van der Waals surface area contributed by atoms with Gasteiger partial charge in [-0.05, 0) is 58.7 Å². The predicted octanol–water partition coefficient (Wildman–Crippen LogP) is 5.41. The second-order valence-electron chi connectivity index (χ2n) is 6.10. The minimum atomic E-state index is -0.245. The maximum Gasteiger partial charge on any atom is 0.262 e. The number of hydrogen-bond acceptors (Lipinski definition) is 3. The molecule has 134 valence electrons. The van der Waals surface area contributed by atoms with Crippen molar-refractivity contribution < 1.29 is 14.3 Å². The SMILES string of the molecule is CC(C)Oc1ccccc1NC(=O)COc1ccc2ccccc2c1Br. The lowest BCUT2D eigenvalue weighted by Gasteiger charge is -2.15. The molecule has 0 unspecified atom stereocenters. The van der Waals surface area contributed by atoms with Crippen LogP contribution in [-0.2, 0) is 4.79 Å². The molecule has 1 amide bonds. The van der Waals surface area contributed by atoms with Crippen LogP contribution in [0.4, 0.5) is 5.69 Å². The number of amides is 1. The van der Waals surface area contributed by atoms with Crippen LogP contribution in [-0.4, -0.2) is 18.6 Å². The van der Waals surface area contributed by atoms with Crippen LogP contribution in [0.2, 0.25) is 0 Å². The van der Waals surface area contributed by atoms with Crippen LogP contribution >= 0.6 is 15.9 Å². The molecule has 0 aliphatic heterocycles. The van der Waals surface area contributed by atoms with Gasteiger partial charge >= 0.3 is 0 Å². The summed E-state index contributed by atoms with van der Waals surface area (Å²) in [5.74, 6) is 1.03. The molecule has 0 fully saturated rings. The van der Waals surface area contributed by atoms with Crippen LogP contribution in [0.3, 0.4) is 0 Å². The van der Waals surface area contributed by atoms with Gasteiger partial charge in [-0.15, -0.1) is 0 Å². The maximum atomic E-state index is 12.3. The fraction of sp³-hybridized carbons (Fsp3) is 0.190. The van der Waals surface area contributed by atoms with Gasteiger partial charge in [0.15, 0.2) is 6.61 Å². The van der Waals surface area contributed by atoms with Gasteiger partial charge in [-0.25, -0.2) is 0 Å². The molecule has 0 saturated carbocycles. The molecular formula is C21H20BrNO3. The minimum Gasteiger partial charge on any atom is -0.489 e. The number of para-hydroxylation sites is 2. The molecule has 0 radical (unpaired) electrons. The van der Waals surface area contributed by atoms with Crippen molar-refractivity contribution in [3.8, 4) is 11.5 Å². The van der Waals surface area contributed by atoms with Gasteiger partial charge < -0.3 is 14.8 Å². The molecule has 1 N–H and O–H groups in total. The van der Waals surface area contributed by atoms with Crippen LogP contribution in [0.25, 0.3) is 10.8 Å². The lowest BCUT2D eigenvalue weighted by molar-refractivity contribution is -0.118. The van der Waals surface area contributed by atoms with Gasteiger partial charge in [0.25, 0.3) is 5.91 Å². The van der Waals surface area contributed by atoms with E-state index < -0.39 is 0 Å². The lowest BCUT2D eigenvalue weighted by Crippen LogP contribution is -2.21. The molecule has 0 saturated heterocycles. The zero-order chi connectivity index (χ0) is 18.5. The summed E-state index contributed by atoms with van der Waals surface area (Å²) in [6.45, 7) is 3.80. The maximum absolute atomic E-state index is 12.3. The molecule has 4 nitrogen and oxygen atoms in total. The average Bonchev–Trinajstić information content (AvgIpc) is 2.63. The number of halogens is 1. The lowest BCUT2D eigenvalue weighted by atomic mass is 10.1. The molecule has 5 heteroatoms. The smallest absolute Gasteiger partial charge is 0.262 e. The van der Waals surface area contributed by atoms with Crippen molar-refractivity contribution in [3.05, 3.63) is 65.1 Å². The van der Waals surface area contributed by atoms with Crippen LogP contribution in [0.1, 0.15) is 13.8 Å². The Hall–Kier alpha value is -2.53. The van der Waals surface area contributed by atoms with Gasteiger partial charge in [0, 0.05) is 0 Å². The normalized spacial score (nSPS) is 10.8. The van der Waals surface area contributed by atoms with Gasteiger partial charge in [0.2, 0.25) is 0 Å². The number of nitrogens with one attached hydrogen (secondary N) is 1. The Morgan fingerprint density at radius 3 is 2.54 bits per heavy atom. The fourth-order valence-corrected chi connectivity index (χ4v) is 3.19. The van der Waals surface area contributed by atoms with Gasteiger partial charge in [-0.1, -0.05) is 42.5 Å². The van der Waals surface area contributed by atoms with Crippen molar-refractivity contribution in [2.24, 2.45) is 0 Å². The van der Waals surface area contributed by atoms with E-state index in [4.69, 9.17) is 9.47 Å². The number of rotatable bonds is 6. The summed E-state index contributed by atoms with van der Waals surface area (Å²) in [7, 11) is 0. The summed E-state index contributed by atoms with van der Waals surface area (Å²) in [5, 5.41) is 4.99. The van der Waals surface area contributed by atoms with E-state index >= 15 is 0 Å². The summed E-state index contributed by atoms with van der Waals surface area (Å²) in [4.78, 5) is 12.3. The van der Waals surface area contributed by atoms with Crippen LogP contribution in [0, 0.1) is 0 Å². The first-order valence-corrected chi connectivity index (χ1v) is 9.19. The molecule has 0 bridgehead atoms. The number of fused-ring (bicyclic) bond motifs is 1. The molecule has 26 heavy (non-hydrogen) atoms. The van der Waals surface area contributed by atoms with Crippen LogP contribution in [0.15, 0.2) is 65.1 Å². The van der Waals surface area contributed by atoms with E-state index in [1.165, 1.54) is 0 Å². The van der Waals surface area contributed by atoms with Crippen molar-refractivity contribution >= 4 is 38.3 Å². The molecule has 0 atom stereocenters. The van der Waals surface area contributed by atoms with Crippen molar-refractivity contribution in [2.45, 2.75) is 20.0 Å². The van der Waals surface area contributed by atoms with E-state index in [9.17, 15) is 4.79 Å². The van der Waals surface area contributed by atoms with E-state index in [0.717, 1.165) is 15.2 Å². The number of anilines is 1. The molecule has 3 rings (SSSR count). The Kier molecular flexibility index (Phi) is 5.78. The third kappa shape index (κ3) is 4.35. The number of hydrogen-bond donors (Lipinski definition) is 1. The summed E-state index contributed by atoms with van der Waals surface area (Å²) >= 11 is 3.56. The quantitative estimate of drug-likeness (QED) is 0.587. The molecule has 0 heterocycles. The summed E-state index contributed by atoms with van der Waals surface area (Å²) < 4.78 is 12.3. The van der Waals surface area contributed by atoms with Crippen LogP contribution < -0.4 is 14.8 Å². The molecule has 0 spiro atoms. The van der Waals surface area contributed by atoms with E-state index in [1.807, 2.05) is 74.5 Å². The first-order valence-electron chi connectivity index (χ1n) is 8.40. The first-order chi connectivity index (χ1) is 12.5. The number of benzene rings is 3.